The predicted molar refractivity (Wildman–Crippen MR) is 230 cm³/mol. The Bertz CT molecular complexity index is 1300. The van der Waals surface area contributed by atoms with Crippen LogP contribution in [-0.4, -0.2) is 126 Å². The molecule has 0 spiro atoms. The molecule has 1 aliphatic rings. The number of carbonyl (C=O) groups is 2. The minimum Gasteiger partial charge on any atom is -0.457 e. The number of aliphatic hydroxyl groups is 3. The normalized spacial score (nSPS) is 22.4. The van der Waals surface area contributed by atoms with Crippen LogP contribution in [-0.2, 0) is 55.6 Å². The molecule has 1 fully saturated rings. The summed E-state index contributed by atoms with van der Waals surface area (Å²) in [5.74, 6) is 0.184. The number of hydrogen-bond donors (Lipinski definition) is 8. The van der Waals surface area contributed by atoms with Crippen LogP contribution in [0.4, 0.5) is 0 Å². The van der Waals surface area contributed by atoms with Gasteiger partial charge in [0.05, 0.1) is 13.2 Å². The Hall–Kier alpha value is -0.380. The number of rotatable bonds is 39. The van der Waals surface area contributed by atoms with Crippen molar-refractivity contribution in [2.75, 3.05) is 32.4 Å². The second-order valence-electron chi connectivity index (χ2n) is 15.5. The lowest BCUT2D eigenvalue weighted by Gasteiger charge is -2.44. The van der Waals surface area contributed by atoms with Crippen LogP contribution < -0.4 is 0 Å². The Kier molecular flexibility index (Phi) is 32.7. The molecule has 8 atom stereocenters. The van der Waals surface area contributed by atoms with Crippen molar-refractivity contribution >= 4 is 46.3 Å². The van der Waals surface area contributed by atoms with Crippen LogP contribution >= 0.6 is 35.2 Å². The number of carbonyl (C=O) groups excluding carboxylic acids is 2. The van der Waals surface area contributed by atoms with Gasteiger partial charge in [0.1, 0.15) is 49.5 Å². The molecular weight excluding hydrogens is 901 g/mol. The van der Waals surface area contributed by atoms with Crippen molar-refractivity contribution in [2.24, 2.45) is 0 Å². The third-order valence-electron chi connectivity index (χ3n) is 9.87. The molecule has 1 rings (SSSR count). The molecule has 0 aliphatic heterocycles. The maximum Gasteiger partial charge on any atom is 0.472 e. The van der Waals surface area contributed by atoms with E-state index < -0.39 is 78.8 Å². The number of aliphatic hydroxyl groups excluding tert-OH is 3. The standard InChI is InChI=1S/C38H75O20P3S/c1-3-5-6-7-8-9-10-11-12-13-14-17-20-24-31(39)55-30(27-53-29-52-25-21-18-15-16-19-22-26-62-32(40)23-4-2)28-54-61(50,51)58-38-34(42)36(56-59(44,45)46)33(41)37(35(38)43)57-60(47,48)49/h30,33-38,41-43H,3-29H2,1-2H3,(H,50,51)(H2,44,45,46)(H2,47,48,49)/t30-,33?,34+,35?,36+,37-,38?/m1/s1. The van der Waals surface area contributed by atoms with E-state index in [4.69, 9.17) is 23.3 Å². The summed E-state index contributed by atoms with van der Waals surface area (Å²) in [7, 11) is -16.5. The first-order chi connectivity index (χ1) is 29.3. The van der Waals surface area contributed by atoms with Gasteiger partial charge in [-0.15, -0.1) is 0 Å². The highest BCUT2D eigenvalue weighted by Crippen LogP contribution is 2.51. The Balaban J connectivity index is 2.72. The molecule has 1 saturated carbocycles. The summed E-state index contributed by atoms with van der Waals surface area (Å²) in [5, 5.41) is 32.0. The van der Waals surface area contributed by atoms with Gasteiger partial charge in [0.25, 0.3) is 0 Å². The van der Waals surface area contributed by atoms with Crippen LogP contribution in [0.3, 0.4) is 0 Å². The van der Waals surface area contributed by atoms with Crippen molar-refractivity contribution < 1.29 is 95.4 Å². The first-order valence-electron chi connectivity index (χ1n) is 22.0. The highest BCUT2D eigenvalue weighted by atomic mass is 32.2. The van der Waals surface area contributed by atoms with Crippen LogP contribution in [0.2, 0.25) is 0 Å². The van der Waals surface area contributed by atoms with Gasteiger partial charge in [-0.3, -0.25) is 27.7 Å². The third kappa shape index (κ3) is 30.0. The molecule has 0 aromatic heterocycles. The van der Waals surface area contributed by atoms with Gasteiger partial charge in [-0.2, -0.15) is 0 Å². The Morgan fingerprint density at radius 3 is 1.48 bits per heavy atom. The smallest absolute Gasteiger partial charge is 0.457 e. The van der Waals surface area contributed by atoms with Gasteiger partial charge in [-0.25, -0.2) is 13.7 Å². The van der Waals surface area contributed by atoms with Gasteiger partial charge in [0.15, 0.2) is 5.12 Å². The second-order valence-corrected chi connectivity index (χ2v) is 20.5. The molecule has 0 aromatic rings. The van der Waals surface area contributed by atoms with Gasteiger partial charge in [-0.1, -0.05) is 128 Å². The molecule has 4 unspecified atom stereocenters. The summed E-state index contributed by atoms with van der Waals surface area (Å²) in [6.45, 7) is 3.15. The van der Waals surface area contributed by atoms with E-state index >= 15 is 0 Å². The lowest BCUT2D eigenvalue weighted by Crippen LogP contribution is -2.65. The zero-order valence-corrected chi connectivity index (χ0v) is 39.9. The predicted octanol–water partition coefficient (Wildman–Crippen LogP) is 6.33. The van der Waals surface area contributed by atoms with Gasteiger partial charge >= 0.3 is 29.4 Å². The number of phosphoric acid groups is 3. The fourth-order valence-corrected chi connectivity index (χ4v) is 9.67. The first-order valence-corrected chi connectivity index (χ1v) is 27.5. The van der Waals surface area contributed by atoms with Gasteiger partial charge in [0, 0.05) is 25.2 Å². The molecule has 0 radical (unpaired) electrons. The number of thioether (sulfide) groups is 1. The van der Waals surface area contributed by atoms with E-state index in [0.717, 1.165) is 76.4 Å². The summed E-state index contributed by atoms with van der Waals surface area (Å²) in [5.41, 5.74) is 0. The molecule has 62 heavy (non-hydrogen) atoms. The summed E-state index contributed by atoms with van der Waals surface area (Å²) < 4.78 is 71.1. The summed E-state index contributed by atoms with van der Waals surface area (Å²) in [6.07, 6.45) is 5.56. The van der Waals surface area contributed by atoms with Crippen LogP contribution in [0.15, 0.2) is 0 Å². The SMILES string of the molecule is CCCCCCCCCCCCCCCC(=O)O[C@H](COCOCCCCCCCCSC(=O)CCC)COP(=O)(O)OC1C(O)[C@H](OP(=O)(O)O)C(O)[C@H](OP(=O)(O)O)[C@@H]1O. The summed E-state index contributed by atoms with van der Waals surface area (Å²) >= 11 is 1.39. The quantitative estimate of drug-likeness (QED) is 0.0144. The van der Waals surface area contributed by atoms with Gasteiger partial charge < -0.3 is 54.0 Å². The summed E-state index contributed by atoms with van der Waals surface area (Å²) in [6, 6.07) is 0. The van der Waals surface area contributed by atoms with Crippen molar-refractivity contribution in [2.45, 2.75) is 198 Å². The van der Waals surface area contributed by atoms with E-state index in [9.17, 15) is 63.1 Å². The van der Waals surface area contributed by atoms with E-state index in [1.807, 2.05) is 6.92 Å². The van der Waals surface area contributed by atoms with E-state index in [1.165, 1.54) is 63.1 Å². The van der Waals surface area contributed by atoms with Crippen molar-refractivity contribution in [1.29, 1.82) is 0 Å². The second kappa shape index (κ2) is 34.0. The zero-order valence-electron chi connectivity index (χ0n) is 36.4. The minimum atomic E-state index is -5.53. The highest BCUT2D eigenvalue weighted by molar-refractivity contribution is 8.13. The molecule has 0 saturated heterocycles. The van der Waals surface area contributed by atoms with Crippen molar-refractivity contribution in [1.82, 2.24) is 0 Å². The van der Waals surface area contributed by atoms with E-state index in [1.54, 1.807) is 0 Å². The molecule has 1 aliphatic carbocycles. The fraction of sp³-hybridized carbons (Fsp3) is 0.947. The Morgan fingerprint density at radius 1 is 0.548 bits per heavy atom. The number of hydrogen-bond acceptors (Lipinski definition) is 16. The van der Waals surface area contributed by atoms with Crippen molar-refractivity contribution in [3.05, 3.63) is 0 Å². The molecule has 368 valence electrons. The molecule has 20 nitrogen and oxygen atoms in total. The molecule has 8 N–H and O–H groups in total. The first kappa shape index (κ1) is 59.6. The van der Waals surface area contributed by atoms with Crippen LogP contribution in [0, 0.1) is 0 Å². The monoisotopic (exact) mass is 976 g/mol. The summed E-state index contributed by atoms with van der Waals surface area (Å²) in [4.78, 5) is 72.0. The van der Waals surface area contributed by atoms with Crippen LogP contribution in [0.25, 0.3) is 0 Å². The molecule has 0 amide bonds. The van der Waals surface area contributed by atoms with Crippen LogP contribution in [0.1, 0.15) is 155 Å². The van der Waals surface area contributed by atoms with Crippen molar-refractivity contribution in [3.8, 4) is 0 Å². The lowest BCUT2D eigenvalue weighted by atomic mass is 9.85. The van der Waals surface area contributed by atoms with E-state index in [0.29, 0.717) is 19.4 Å². The average Bonchev–Trinajstić information content (AvgIpc) is 3.18. The molecule has 0 aromatic carbocycles. The molecule has 24 heteroatoms. The average molecular weight is 977 g/mol. The van der Waals surface area contributed by atoms with Gasteiger partial charge in [-0.05, 0) is 25.7 Å². The maximum atomic E-state index is 13.1. The largest absolute Gasteiger partial charge is 0.472 e. The maximum absolute atomic E-state index is 13.1. The highest BCUT2D eigenvalue weighted by Gasteiger charge is 2.56. The zero-order chi connectivity index (χ0) is 46.4. The lowest BCUT2D eigenvalue weighted by molar-refractivity contribution is -0.213. The number of ether oxygens (including phenoxy) is 3. The van der Waals surface area contributed by atoms with E-state index in [-0.39, 0.29) is 24.9 Å². The van der Waals surface area contributed by atoms with Crippen LogP contribution in [0.5, 0.6) is 0 Å². The topological polar surface area (TPSA) is 312 Å². The number of esters is 1. The van der Waals surface area contributed by atoms with E-state index in [2.05, 4.69) is 16.0 Å². The minimum absolute atomic E-state index is 0.0402. The molecular formula is C38H75O20P3S. The number of unbranched alkanes of at least 4 members (excludes halogenated alkanes) is 17. The Morgan fingerprint density at radius 2 is 1.00 bits per heavy atom. The van der Waals surface area contributed by atoms with Gasteiger partial charge in [0.2, 0.25) is 0 Å². The molecule has 0 bridgehead atoms. The number of phosphoric ester groups is 3. The fourth-order valence-electron chi connectivity index (χ4n) is 6.64. The Labute approximate surface area is 370 Å². The molecule has 0 heterocycles. The third-order valence-corrected chi connectivity index (χ3v) is 12.9. The van der Waals surface area contributed by atoms with Crippen molar-refractivity contribution in [3.63, 3.8) is 0 Å².